The first-order valence-corrected chi connectivity index (χ1v) is 6.17. The second-order valence-corrected chi connectivity index (χ2v) is 4.37. The predicted molar refractivity (Wildman–Crippen MR) is 63.9 cm³/mol. The van der Waals surface area contributed by atoms with Crippen molar-refractivity contribution in [1.29, 1.82) is 0 Å². The fourth-order valence-electron chi connectivity index (χ4n) is 1.89. The standard InChI is InChI=1S/C12H27NO2/c1-4-7-11(8-5-2)13-12(6-3,9-14)10-15/h11,13-15H,4-10H2,1-3H3. The molecule has 0 radical (unpaired) electrons. The number of hydrogen-bond acceptors (Lipinski definition) is 3. The first-order chi connectivity index (χ1) is 7.17. The molecule has 0 unspecified atom stereocenters. The molecule has 0 saturated heterocycles. The summed E-state index contributed by atoms with van der Waals surface area (Å²) in [5.74, 6) is 0. The Balaban J connectivity index is 4.30. The van der Waals surface area contributed by atoms with Gasteiger partial charge in [-0.3, -0.25) is 0 Å². The van der Waals surface area contributed by atoms with Crippen LogP contribution in [0.3, 0.4) is 0 Å². The summed E-state index contributed by atoms with van der Waals surface area (Å²) in [7, 11) is 0. The molecule has 0 aromatic carbocycles. The van der Waals surface area contributed by atoms with Crippen LogP contribution in [0.2, 0.25) is 0 Å². The van der Waals surface area contributed by atoms with Crippen LogP contribution in [0, 0.1) is 0 Å². The summed E-state index contributed by atoms with van der Waals surface area (Å²) in [6.45, 7) is 6.33. The summed E-state index contributed by atoms with van der Waals surface area (Å²) in [5.41, 5.74) is -0.491. The lowest BCUT2D eigenvalue weighted by Gasteiger charge is -2.34. The molecular formula is C12H27NO2. The molecule has 3 N–H and O–H groups in total. The van der Waals surface area contributed by atoms with Crippen molar-refractivity contribution in [3.05, 3.63) is 0 Å². The molecule has 3 heteroatoms. The maximum atomic E-state index is 9.34. The molecular weight excluding hydrogens is 190 g/mol. The predicted octanol–water partition coefficient (Wildman–Crippen LogP) is 1.68. The molecule has 0 saturated carbocycles. The summed E-state index contributed by atoms with van der Waals surface area (Å²) >= 11 is 0. The second kappa shape index (κ2) is 8.08. The minimum absolute atomic E-state index is 0.00390. The van der Waals surface area contributed by atoms with Crippen LogP contribution < -0.4 is 5.32 Å². The molecule has 0 amide bonds. The van der Waals surface area contributed by atoms with E-state index in [0.717, 1.165) is 32.1 Å². The van der Waals surface area contributed by atoms with E-state index in [1.165, 1.54) is 0 Å². The third kappa shape index (κ3) is 4.96. The van der Waals surface area contributed by atoms with Crippen molar-refractivity contribution < 1.29 is 10.2 Å². The van der Waals surface area contributed by atoms with E-state index in [4.69, 9.17) is 0 Å². The van der Waals surface area contributed by atoms with E-state index in [2.05, 4.69) is 19.2 Å². The second-order valence-electron chi connectivity index (χ2n) is 4.37. The summed E-state index contributed by atoms with van der Waals surface area (Å²) in [6, 6.07) is 0.416. The zero-order valence-corrected chi connectivity index (χ0v) is 10.4. The lowest BCUT2D eigenvalue weighted by atomic mass is 9.94. The van der Waals surface area contributed by atoms with Gasteiger partial charge in [-0.15, -0.1) is 0 Å². The molecule has 92 valence electrons. The van der Waals surface area contributed by atoms with Crippen molar-refractivity contribution in [2.75, 3.05) is 13.2 Å². The van der Waals surface area contributed by atoms with Crippen molar-refractivity contribution in [3.63, 3.8) is 0 Å². The molecule has 0 spiro atoms. The van der Waals surface area contributed by atoms with Crippen LogP contribution in [0.15, 0.2) is 0 Å². The Labute approximate surface area is 93.9 Å². The molecule has 3 nitrogen and oxygen atoms in total. The monoisotopic (exact) mass is 217 g/mol. The van der Waals surface area contributed by atoms with Crippen molar-refractivity contribution >= 4 is 0 Å². The van der Waals surface area contributed by atoms with Gasteiger partial charge in [0.1, 0.15) is 0 Å². The topological polar surface area (TPSA) is 52.5 Å². The lowest BCUT2D eigenvalue weighted by molar-refractivity contribution is 0.0750. The molecule has 0 heterocycles. The van der Waals surface area contributed by atoms with Gasteiger partial charge in [-0.25, -0.2) is 0 Å². The van der Waals surface area contributed by atoms with Gasteiger partial charge in [0.2, 0.25) is 0 Å². The zero-order chi connectivity index (χ0) is 11.7. The van der Waals surface area contributed by atoms with E-state index < -0.39 is 5.54 Å². The average Bonchev–Trinajstić information content (AvgIpc) is 2.27. The number of aliphatic hydroxyl groups excluding tert-OH is 2. The van der Waals surface area contributed by atoms with E-state index >= 15 is 0 Å². The normalized spacial score (nSPS) is 12.4. The van der Waals surface area contributed by atoms with Gasteiger partial charge in [-0.05, 0) is 19.3 Å². The Morgan fingerprint density at radius 1 is 1.00 bits per heavy atom. The average molecular weight is 217 g/mol. The highest BCUT2D eigenvalue weighted by Crippen LogP contribution is 2.14. The Morgan fingerprint density at radius 3 is 1.73 bits per heavy atom. The number of aliphatic hydroxyl groups is 2. The van der Waals surface area contributed by atoms with Crippen LogP contribution in [0.4, 0.5) is 0 Å². The first kappa shape index (κ1) is 14.9. The minimum atomic E-state index is -0.491. The summed E-state index contributed by atoms with van der Waals surface area (Å²) < 4.78 is 0. The zero-order valence-electron chi connectivity index (χ0n) is 10.4. The highest BCUT2D eigenvalue weighted by Gasteiger charge is 2.28. The van der Waals surface area contributed by atoms with Gasteiger partial charge in [-0.1, -0.05) is 33.6 Å². The summed E-state index contributed by atoms with van der Waals surface area (Å²) in [4.78, 5) is 0. The molecule has 0 rings (SSSR count). The SMILES string of the molecule is CCCC(CCC)NC(CC)(CO)CO. The maximum absolute atomic E-state index is 9.34. The summed E-state index contributed by atoms with van der Waals surface area (Å²) in [5, 5.41) is 22.1. The molecule has 15 heavy (non-hydrogen) atoms. The van der Waals surface area contributed by atoms with Gasteiger partial charge < -0.3 is 15.5 Å². The van der Waals surface area contributed by atoms with Crippen molar-refractivity contribution in [3.8, 4) is 0 Å². The van der Waals surface area contributed by atoms with Gasteiger partial charge in [0.05, 0.1) is 18.8 Å². The highest BCUT2D eigenvalue weighted by molar-refractivity contribution is 4.88. The quantitative estimate of drug-likeness (QED) is 0.551. The Bertz CT molecular complexity index is 132. The number of hydrogen-bond donors (Lipinski definition) is 3. The third-order valence-corrected chi connectivity index (χ3v) is 3.07. The van der Waals surface area contributed by atoms with Crippen LogP contribution in [0.1, 0.15) is 52.9 Å². The maximum Gasteiger partial charge on any atom is 0.0647 e. The highest BCUT2D eigenvalue weighted by atomic mass is 16.3. The van der Waals surface area contributed by atoms with E-state index in [-0.39, 0.29) is 13.2 Å². The molecule has 0 atom stereocenters. The van der Waals surface area contributed by atoms with E-state index in [9.17, 15) is 10.2 Å². The Kier molecular flexibility index (Phi) is 8.02. The fraction of sp³-hybridized carbons (Fsp3) is 1.00. The van der Waals surface area contributed by atoms with Crippen LogP contribution in [0.5, 0.6) is 0 Å². The molecule has 0 aliphatic rings. The molecule has 0 fully saturated rings. The van der Waals surface area contributed by atoms with Gasteiger partial charge in [-0.2, -0.15) is 0 Å². The van der Waals surface area contributed by atoms with Crippen molar-refractivity contribution in [2.24, 2.45) is 0 Å². The first-order valence-electron chi connectivity index (χ1n) is 6.17. The van der Waals surface area contributed by atoms with Crippen LogP contribution in [0.25, 0.3) is 0 Å². The molecule has 0 aromatic rings. The van der Waals surface area contributed by atoms with Gasteiger partial charge in [0, 0.05) is 6.04 Å². The largest absolute Gasteiger partial charge is 0.394 e. The Morgan fingerprint density at radius 2 is 1.47 bits per heavy atom. The molecule has 0 aromatic heterocycles. The molecule has 0 bridgehead atoms. The molecule has 0 aliphatic carbocycles. The number of nitrogens with one attached hydrogen (secondary N) is 1. The van der Waals surface area contributed by atoms with E-state index in [0.29, 0.717) is 6.04 Å². The van der Waals surface area contributed by atoms with E-state index in [1.807, 2.05) is 6.92 Å². The van der Waals surface area contributed by atoms with Crippen LogP contribution in [-0.4, -0.2) is 35.0 Å². The third-order valence-electron chi connectivity index (χ3n) is 3.07. The van der Waals surface area contributed by atoms with Gasteiger partial charge in [0.15, 0.2) is 0 Å². The van der Waals surface area contributed by atoms with Crippen LogP contribution in [-0.2, 0) is 0 Å². The smallest absolute Gasteiger partial charge is 0.0647 e. The van der Waals surface area contributed by atoms with Crippen LogP contribution >= 0.6 is 0 Å². The number of rotatable bonds is 9. The fourth-order valence-corrected chi connectivity index (χ4v) is 1.89. The van der Waals surface area contributed by atoms with Gasteiger partial charge >= 0.3 is 0 Å². The van der Waals surface area contributed by atoms with E-state index in [1.54, 1.807) is 0 Å². The van der Waals surface area contributed by atoms with Crippen molar-refractivity contribution in [1.82, 2.24) is 5.32 Å². The molecule has 0 aliphatic heterocycles. The van der Waals surface area contributed by atoms with Gasteiger partial charge in [0.25, 0.3) is 0 Å². The minimum Gasteiger partial charge on any atom is -0.394 e. The summed E-state index contributed by atoms with van der Waals surface area (Å²) in [6.07, 6.45) is 5.23. The lowest BCUT2D eigenvalue weighted by Crippen LogP contribution is -2.55. The van der Waals surface area contributed by atoms with Crippen molar-refractivity contribution in [2.45, 2.75) is 64.5 Å². The Hall–Kier alpha value is -0.120.